The molecule has 0 saturated carbocycles. The van der Waals surface area contributed by atoms with Gasteiger partial charge in [-0.15, -0.1) is 0 Å². The minimum Gasteiger partial charge on any atom is -0.348 e. The first kappa shape index (κ1) is 13.3. The Morgan fingerprint density at radius 1 is 1.32 bits per heavy atom. The zero-order valence-electron chi connectivity index (χ0n) is 11.2. The number of rotatable bonds is 4. The number of nitrogens with two attached hydrogens (primary N) is 1. The van der Waals surface area contributed by atoms with Crippen molar-refractivity contribution in [3.05, 3.63) is 52.3 Å². The fraction of sp³-hybridized carbons (Fsp3) is 0.286. The molecule has 100 valence electrons. The molecule has 1 aromatic heterocycles. The maximum absolute atomic E-state index is 12.0. The summed E-state index contributed by atoms with van der Waals surface area (Å²) in [6.07, 6.45) is 0. The fourth-order valence-electron chi connectivity index (χ4n) is 1.90. The lowest BCUT2D eigenvalue weighted by atomic mass is 10.1. The third kappa shape index (κ3) is 3.00. The molecule has 0 aliphatic rings. The van der Waals surface area contributed by atoms with E-state index in [1.807, 2.05) is 26.0 Å². The number of H-pyrrole nitrogens is 1. The highest BCUT2D eigenvalue weighted by atomic mass is 16.1. The van der Waals surface area contributed by atoms with Crippen LogP contribution in [0.2, 0.25) is 0 Å². The quantitative estimate of drug-likeness (QED) is 0.775. The number of aryl methyl sites for hydroxylation is 2. The predicted molar refractivity (Wildman–Crippen MR) is 73.6 cm³/mol. The number of nitrogens with one attached hydrogen (secondary N) is 2. The van der Waals surface area contributed by atoms with Crippen molar-refractivity contribution >= 4 is 5.91 Å². The van der Waals surface area contributed by atoms with Crippen LogP contribution in [-0.2, 0) is 13.1 Å². The van der Waals surface area contributed by atoms with Gasteiger partial charge in [0.2, 0.25) is 0 Å². The number of carbonyl (C=O) groups excluding carboxylic acids is 1. The fourth-order valence-corrected chi connectivity index (χ4v) is 1.90. The standard InChI is InChI=1S/C14H18N4O/c1-9-13(10(2)18-17-9)8-16-14(19)12-5-3-11(7-15)4-6-12/h3-6H,7-8,15H2,1-2H3,(H,16,19)(H,17,18). The third-order valence-electron chi connectivity index (χ3n) is 3.16. The zero-order chi connectivity index (χ0) is 13.8. The Hall–Kier alpha value is -2.14. The minimum atomic E-state index is -0.0939. The first-order chi connectivity index (χ1) is 9.11. The lowest BCUT2D eigenvalue weighted by Crippen LogP contribution is -2.23. The molecule has 1 aromatic carbocycles. The normalized spacial score (nSPS) is 10.5. The van der Waals surface area contributed by atoms with Crippen molar-refractivity contribution in [3.63, 3.8) is 0 Å². The van der Waals surface area contributed by atoms with Crippen molar-refractivity contribution in [1.82, 2.24) is 15.5 Å². The van der Waals surface area contributed by atoms with Crippen molar-refractivity contribution in [2.45, 2.75) is 26.9 Å². The molecule has 4 N–H and O–H groups in total. The number of amides is 1. The van der Waals surface area contributed by atoms with Crippen LogP contribution in [0.3, 0.4) is 0 Å². The van der Waals surface area contributed by atoms with E-state index in [9.17, 15) is 4.79 Å². The van der Waals surface area contributed by atoms with Gasteiger partial charge in [-0.05, 0) is 31.5 Å². The number of carbonyl (C=O) groups is 1. The molecule has 0 bridgehead atoms. The Bertz CT molecular complexity index is 552. The van der Waals surface area contributed by atoms with Crippen LogP contribution in [0.25, 0.3) is 0 Å². The summed E-state index contributed by atoms with van der Waals surface area (Å²) in [7, 11) is 0. The Balaban J connectivity index is 2.01. The summed E-state index contributed by atoms with van der Waals surface area (Å²) in [5.74, 6) is -0.0939. The van der Waals surface area contributed by atoms with Crippen LogP contribution in [0, 0.1) is 13.8 Å². The summed E-state index contributed by atoms with van der Waals surface area (Å²) in [6, 6.07) is 7.30. The van der Waals surface area contributed by atoms with Gasteiger partial charge in [-0.2, -0.15) is 5.10 Å². The number of benzene rings is 1. The minimum absolute atomic E-state index is 0.0939. The van der Waals surface area contributed by atoms with E-state index in [1.165, 1.54) is 0 Å². The molecule has 5 heteroatoms. The highest BCUT2D eigenvalue weighted by Gasteiger charge is 2.09. The first-order valence-electron chi connectivity index (χ1n) is 6.19. The Morgan fingerprint density at radius 2 is 2.00 bits per heavy atom. The number of hydrogen-bond donors (Lipinski definition) is 3. The smallest absolute Gasteiger partial charge is 0.251 e. The Morgan fingerprint density at radius 3 is 2.53 bits per heavy atom. The van der Waals surface area contributed by atoms with Crippen LogP contribution in [0.15, 0.2) is 24.3 Å². The molecule has 0 atom stereocenters. The molecule has 1 heterocycles. The van der Waals surface area contributed by atoms with Gasteiger partial charge in [-0.25, -0.2) is 0 Å². The maximum atomic E-state index is 12.0. The molecule has 0 spiro atoms. The third-order valence-corrected chi connectivity index (χ3v) is 3.16. The van der Waals surface area contributed by atoms with Gasteiger partial charge < -0.3 is 11.1 Å². The number of aromatic nitrogens is 2. The predicted octanol–water partition coefficient (Wildman–Crippen LogP) is 1.42. The van der Waals surface area contributed by atoms with Crippen LogP contribution >= 0.6 is 0 Å². The van der Waals surface area contributed by atoms with E-state index in [-0.39, 0.29) is 5.91 Å². The maximum Gasteiger partial charge on any atom is 0.251 e. The van der Waals surface area contributed by atoms with E-state index in [4.69, 9.17) is 5.73 Å². The summed E-state index contributed by atoms with van der Waals surface area (Å²) in [4.78, 5) is 12.0. The second-order valence-corrected chi connectivity index (χ2v) is 4.50. The van der Waals surface area contributed by atoms with Gasteiger partial charge in [0.05, 0.1) is 5.69 Å². The lowest BCUT2D eigenvalue weighted by molar-refractivity contribution is 0.0951. The Labute approximate surface area is 112 Å². The van der Waals surface area contributed by atoms with Crippen molar-refractivity contribution in [2.24, 2.45) is 5.73 Å². The molecule has 2 rings (SSSR count). The van der Waals surface area contributed by atoms with E-state index >= 15 is 0 Å². The molecule has 0 aliphatic carbocycles. The summed E-state index contributed by atoms with van der Waals surface area (Å²) >= 11 is 0. The molecule has 0 aliphatic heterocycles. The molecular formula is C14H18N4O. The Kier molecular flexibility index (Phi) is 3.97. The topological polar surface area (TPSA) is 83.8 Å². The summed E-state index contributed by atoms with van der Waals surface area (Å²) < 4.78 is 0. The molecule has 0 fully saturated rings. The van der Waals surface area contributed by atoms with E-state index in [0.29, 0.717) is 18.7 Å². The van der Waals surface area contributed by atoms with Gasteiger partial charge in [0.15, 0.2) is 0 Å². The van der Waals surface area contributed by atoms with Crippen LogP contribution < -0.4 is 11.1 Å². The van der Waals surface area contributed by atoms with E-state index < -0.39 is 0 Å². The second-order valence-electron chi connectivity index (χ2n) is 4.50. The van der Waals surface area contributed by atoms with Crippen molar-refractivity contribution in [1.29, 1.82) is 0 Å². The molecule has 0 unspecified atom stereocenters. The summed E-state index contributed by atoms with van der Waals surface area (Å²) in [6.45, 7) is 4.82. The number of aromatic amines is 1. The highest BCUT2D eigenvalue weighted by Crippen LogP contribution is 2.09. The highest BCUT2D eigenvalue weighted by molar-refractivity contribution is 5.94. The van der Waals surface area contributed by atoms with Gasteiger partial charge >= 0.3 is 0 Å². The van der Waals surface area contributed by atoms with E-state index in [2.05, 4.69) is 15.5 Å². The summed E-state index contributed by atoms with van der Waals surface area (Å²) in [5, 5.41) is 9.89. The molecule has 19 heavy (non-hydrogen) atoms. The zero-order valence-corrected chi connectivity index (χ0v) is 11.2. The molecule has 1 amide bonds. The number of hydrogen-bond acceptors (Lipinski definition) is 3. The number of nitrogens with zero attached hydrogens (tertiary/aromatic N) is 1. The van der Waals surface area contributed by atoms with Crippen molar-refractivity contribution in [2.75, 3.05) is 0 Å². The average Bonchev–Trinajstić information content (AvgIpc) is 2.75. The molecule has 5 nitrogen and oxygen atoms in total. The molecule has 0 radical (unpaired) electrons. The van der Waals surface area contributed by atoms with Crippen molar-refractivity contribution < 1.29 is 4.79 Å². The van der Waals surface area contributed by atoms with Gasteiger partial charge in [-0.3, -0.25) is 9.89 Å². The van der Waals surface area contributed by atoms with Crippen LogP contribution in [0.4, 0.5) is 0 Å². The summed E-state index contributed by atoms with van der Waals surface area (Å²) in [5.41, 5.74) is 10.1. The van der Waals surface area contributed by atoms with Gasteiger partial charge in [0.25, 0.3) is 5.91 Å². The van der Waals surface area contributed by atoms with Gasteiger partial charge in [0.1, 0.15) is 0 Å². The van der Waals surface area contributed by atoms with Crippen LogP contribution in [-0.4, -0.2) is 16.1 Å². The van der Waals surface area contributed by atoms with E-state index in [0.717, 1.165) is 22.5 Å². The monoisotopic (exact) mass is 258 g/mol. The van der Waals surface area contributed by atoms with Gasteiger partial charge in [0, 0.05) is 29.9 Å². The molecule has 0 saturated heterocycles. The second kappa shape index (κ2) is 5.67. The molecular weight excluding hydrogens is 240 g/mol. The largest absolute Gasteiger partial charge is 0.348 e. The van der Waals surface area contributed by atoms with E-state index in [1.54, 1.807) is 12.1 Å². The van der Waals surface area contributed by atoms with Crippen molar-refractivity contribution in [3.8, 4) is 0 Å². The van der Waals surface area contributed by atoms with Crippen LogP contribution in [0.1, 0.15) is 32.9 Å². The molecule has 2 aromatic rings. The lowest BCUT2D eigenvalue weighted by Gasteiger charge is -2.06. The van der Waals surface area contributed by atoms with Gasteiger partial charge in [-0.1, -0.05) is 12.1 Å². The first-order valence-corrected chi connectivity index (χ1v) is 6.19. The van der Waals surface area contributed by atoms with Crippen LogP contribution in [0.5, 0.6) is 0 Å². The SMILES string of the molecule is Cc1n[nH]c(C)c1CNC(=O)c1ccc(CN)cc1. The average molecular weight is 258 g/mol.